The number of carboxylic acid groups (broad SMARTS) is 1. The van der Waals surface area contributed by atoms with Gasteiger partial charge in [-0.2, -0.15) is 0 Å². The molecule has 114 valence electrons. The summed E-state index contributed by atoms with van der Waals surface area (Å²) in [5.74, 6) is -0.691. The molecule has 1 saturated heterocycles. The minimum absolute atomic E-state index is 0.104. The smallest absolute Gasteiger partial charge is 0.320 e. The maximum atomic E-state index is 12.5. The van der Waals surface area contributed by atoms with E-state index in [0.29, 0.717) is 12.5 Å². The highest BCUT2D eigenvalue weighted by molar-refractivity contribution is 5.80. The minimum Gasteiger partial charge on any atom is -0.480 e. The van der Waals surface area contributed by atoms with Gasteiger partial charge < -0.3 is 10.0 Å². The molecule has 2 aliphatic rings. The Morgan fingerprint density at radius 1 is 1.15 bits per heavy atom. The molecule has 1 atom stereocenters. The van der Waals surface area contributed by atoms with E-state index in [2.05, 4.69) is 0 Å². The van der Waals surface area contributed by atoms with Gasteiger partial charge >= 0.3 is 5.97 Å². The maximum absolute atomic E-state index is 12.5. The summed E-state index contributed by atoms with van der Waals surface area (Å²) in [6.07, 6.45) is 7.42. The molecular formula is C15H26N2O3. The van der Waals surface area contributed by atoms with Crippen molar-refractivity contribution in [3.05, 3.63) is 0 Å². The van der Waals surface area contributed by atoms with Gasteiger partial charge in [-0.3, -0.25) is 14.5 Å². The molecule has 0 aromatic rings. The number of carbonyl (C=O) groups excluding carboxylic acids is 1. The largest absolute Gasteiger partial charge is 0.480 e. The molecule has 1 N–H and O–H groups in total. The molecule has 1 saturated carbocycles. The maximum Gasteiger partial charge on any atom is 0.320 e. The Labute approximate surface area is 120 Å². The molecule has 20 heavy (non-hydrogen) atoms. The van der Waals surface area contributed by atoms with Gasteiger partial charge in [-0.15, -0.1) is 0 Å². The van der Waals surface area contributed by atoms with Crippen molar-refractivity contribution >= 4 is 11.9 Å². The van der Waals surface area contributed by atoms with Crippen LogP contribution in [0.5, 0.6) is 0 Å². The van der Waals surface area contributed by atoms with E-state index in [1.807, 2.05) is 16.7 Å². The van der Waals surface area contributed by atoms with Crippen molar-refractivity contribution < 1.29 is 14.7 Å². The number of rotatable bonds is 5. The summed E-state index contributed by atoms with van der Waals surface area (Å²) in [5, 5.41) is 9.17. The van der Waals surface area contributed by atoms with Crippen molar-refractivity contribution in [1.29, 1.82) is 0 Å². The summed E-state index contributed by atoms with van der Waals surface area (Å²) in [6.45, 7) is 3.74. The monoisotopic (exact) mass is 282 g/mol. The van der Waals surface area contributed by atoms with E-state index < -0.39 is 12.0 Å². The van der Waals surface area contributed by atoms with E-state index in [9.17, 15) is 14.7 Å². The van der Waals surface area contributed by atoms with Gasteiger partial charge in [0.25, 0.3) is 0 Å². The fourth-order valence-electron chi connectivity index (χ4n) is 3.59. The molecule has 5 heteroatoms. The molecule has 5 nitrogen and oxygen atoms in total. The first-order valence-electron chi connectivity index (χ1n) is 7.89. The molecule has 1 aliphatic heterocycles. The van der Waals surface area contributed by atoms with Gasteiger partial charge in [-0.1, -0.05) is 19.3 Å². The molecule has 0 aromatic carbocycles. The molecule has 0 radical (unpaired) electrons. The van der Waals surface area contributed by atoms with Crippen molar-refractivity contribution in [2.24, 2.45) is 0 Å². The van der Waals surface area contributed by atoms with E-state index in [0.717, 1.165) is 32.4 Å². The number of amides is 1. The van der Waals surface area contributed by atoms with Gasteiger partial charge in [-0.25, -0.2) is 0 Å². The van der Waals surface area contributed by atoms with E-state index in [1.165, 1.54) is 19.3 Å². The van der Waals surface area contributed by atoms with Gasteiger partial charge in [0, 0.05) is 12.6 Å². The summed E-state index contributed by atoms with van der Waals surface area (Å²) in [4.78, 5) is 27.5. The summed E-state index contributed by atoms with van der Waals surface area (Å²) in [5.41, 5.74) is 0. The minimum atomic E-state index is -0.795. The van der Waals surface area contributed by atoms with Gasteiger partial charge in [0.2, 0.25) is 5.91 Å². The van der Waals surface area contributed by atoms with Crippen LogP contribution < -0.4 is 0 Å². The van der Waals surface area contributed by atoms with Crippen molar-refractivity contribution in [2.75, 3.05) is 19.6 Å². The standard InChI is InChI=1S/C15H26N2O3/c1-2-17(12-7-4-3-5-8-12)14(18)11-16-10-6-9-13(16)15(19)20/h12-13H,2-11H2,1H3,(H,19,20)/t13-/m1/s1. The van der Waals surface area contributed by atoms with Gasteiger partial charge in [-0.05, 0) is 39.2 Å². The van der Waals surface area contributed by atoms with E-state index in [1.54, 1.807) is 0 Å². The van der Waals surface area contributed by atoms with Crippen LogP contribution >= 0.6 is 0 Å². The lowest BCUT2D eigenvalue weighted by molar-refractivity contribution is -0.143. The lowest BCUT2D eigenvalue weighted by Crippen LogP contribution is -2.48. The average Bonchev–Trinajstić information content (AvgIpc) is 2.89. The highest BCUT2D eigenvalue weighted by atomic mass is 16.4. The van der Waals surface area contributed by atoms with Gasteiger partial charge in [0.05, 0.1) is 6.54 Å². The van der Waals surface area contributed by atoms with Crippen LogP contribution in [0.4, 0.5) is 0 Å². The first-order valence-corrected chi connectivity index (χ1v) is 7.89. The zero-order valence-corrected chi connectivity index (χ0v) is 12.4. The Morgan fingerprint density at radius 2 is 1.85 bits per heavy atom. The molecule has 0 unspecified atom stereocenters. The Morgan fingerprint density at radius 3 is 2.45 bits per heavy atom. The number of likely N-dealkylation sites (tertiary alicyclic amines) is 1. The van der Waals surface area contributed by atoms with Crippen LogP contribution in [0.1, 0.15) is 51.9 Å². The predicted octanol–water partition coefficient (Wildman–Crippen LogP) is 1.72. The quantitative estimate of drug-likeness (QED) is 0.834. The third-order valence-corrected chi connectivity index (χ3v) is 4.66. The van der Waals surface area contributed by atoms with Crippen LogP contribution in [-0.2, 0) is 9.59 Å². The second-order valence-corrected chi connectivity index (χ2v) is 5.94. The van der Waals surface area contributed by atoms with Crippen molar-refractivity contribution in [2.45, 2.75) is 64.0 Å². The number of hydrogen-bond acceptors (Lipinski definition) is 3. The Kier molecular flexibility index (Phi) is 5.40. The first kappa shape index (κ1) is 15.3. The Balaban J connectivity index is 1.93. The average molecular weight is 282 g/mol. The second kappa shape index (κ2) is 7.07. The fourth-order valence-corrected chi connectivity index (χ4v) is 3.59. The lowest BCUT2D eigenvalue weighted by atomic mass is 9.94. The topological polar surface area (TPSA) is 60.9 Å². The summed E-state index contributed by atoms with van der Waals surface area (Å²) < 4.78 is 0. The molecule has 0 bridgehead atoms. The molecule has 1 heterocycles. The molecular weight excluding hydrogens is 256 g/mol. The van der Waals surface area contributed by atoms with Crippen molar-refractivity contribution in [3.63, 3.8) is 0 Å². The van der Waals surface area contributed by atoms with E-state index in [4.69, 9.17) is 0 Å². The third kappa shape index (κ3) is 3.51. The molecule has 0 aromatic heterocycles. The predicted molar refractivity (Wildman–Crippen MR) is 76.5 cm³/mol. The van der Waals surface area contributed by atoms with Gasteiger partial charge in [0.1, 0.15) is 6.04 Å². The lowest BCUT2D eigenvalue weighted by Gasteiger charge is -2.35. The van der Waals surface area contributed by atoms with Gasteiger partial charge in [0.15, 0.2) is 0 Å². The van der Waals surface area contributed by atoms with E-state index >= 15 is 0 Å². The normalized spacial score (nSPS) is 24.8. The molecule has 1 amide bonds. The molecule has 1 aliphatic carbocycles. The molecule has 0 spiro atoms. The Hall–Kier alpha value is -1.10. The molecule has 2 fully saturated rings. The number of carboxylic acids is 1. The SMILES string of the molecule is CCN(C(=O)CN1CCC[C@@H]1C(=O)O)C1CCCCC1. The zero-order valence-electron chi connectivity index (χ0n) is 12.4. The summed E-state index contributed by atoms with van der Waals surface area (Å²) >= 11 is 0. The zero-order chi connectivity index (χ0) is 14.5. The number of carbonyl (C=O) groups is 2. The fraction of sp³-hybridized carbons (Fsp3) is 0.867. The van der Waals surface area contributed by atoms with Crippen LogP contribution in [-0.4, -0.2) is 58.5 Å². The summed E-state index contributed by atoms with van der Waals surface area (Å²) in [7, 11) is 0. The highest BCUT2D eigenvalue weighted by Crippen LogP contribution is 2.23. The third-order valence-electron chi connectivity index (χ3n) is 4.66. The summed E-state index contributed by atoms with van der Waals surface area (Å²) in [6, 6.07) is -0.101. The van der Waals surface area contributed by atoms with Crippen LogP contribution in [0.3, 0.4) is 0 Å². The van der Waals surface area contributed by atoms with Crippen molar-refractivity contribution in [3.8, 4) is 0 Å². The second-order valence-electron chi connectivity index (χ2n) is 5.94. The number of aliphatic carboxylic acids is 1. The highest BCUT2D eigenvalue weighted by Gasteiger charge is 2.33. The van der Waals surface area contributed by atoms with Crippen LogP contribution in [0, 0.1) is 0 Å². The number of nitrogens with zero attached hydrogens (tertiary/aromatic N) is 2. The number of likely N-dealkylation sites (N-methyl/N-ethyl adjacent to an activating group) is 1. The Bertz CT molecular complexity index is 353. The van der Waals surface area contributed by atoms with Crippen LogP contribution in [0.2, 0.25) is 0 Å². The van der Waals surface area contributed by atoms with Crippen LogP contribution in [0.15, 0.2) is 0 Å². The van der Waals surface area contributed by atoms with Crippen molar-refractivity contribution in [1.82, 2.24) is 9.80 Å². The first-order chi connectivity index (χ1) is 9.63. The molecule has 2 rings (SSSR count). The number of hydrogen-bond donors (Lipinski definition) is 1. The van der Waals surface area contributed by atoms with Crippen LogP contribution in [0.25, 0.3) is 0 Å². The van der Waals surface area contributed by atoms with E-state index in [-0.39, 0.29) is 12.5 Å².